The van der Waals surface area contributed by atoms with Gasteiger partial charge >= 0.3 is 0 Å². The van der Waals surface area contributed by atoms with Gasteiger partial charge in [-0.05, 0) is 25.7 Å². The van der Waals surface area contributed by atoms with Gasteiger partial charge in [-0.2, -0.15) is 5.10 Å². The molecule has 102 valence electrons. The Morgan fingerprint density at radius 3 is 2.78 bits per heavy atom. The van der Waals surface area contributed by atoms with E-state index in [4.69, 9.17) is 4.74 Å². The second kappa shape index (κ2) is 5.74. The molecule has 0 spiro atoms. The highest BCUT2D eigenvalue weighted by Gasteiger charge is 2.22. The van der Waals surface area contributed by atoms with Gasteiger partial charge in [-0.15, -0.1) is 0 Å². The lowest BCUT2D eigenvalue weighted by Crippen LogP contribution is -2.36. The monoisotopic (exact) mass is 251 g/mol. The number of nitrogens with zero attached hydrogens (tertiary/aromatic N) is 2. The van der Waals surface area contributed by atoms with Crippen LogP contribution in [-0.2, 0) is 13.6 Å². The quantitative estimate of drug-likeness (QED) is 0.893. The topological polar surface area (TPSA) is 39.1 Å². The summed E-state index contributed by atoms with van der Waals surface area (Å²) in [4.78, 5) is 0. The van der Waals surface area contributed by atoms with Crippen LogP contribution in [0.3, 0.4) is 0 Å². The summed E-state index contributed by atoms with van der Waals surface area (Å²) in [5.74, 6) is 1.66. The molecular weight excluding hydrogens is 226 g/mol. The molecule has 2 atom stereocenters. The van der Waals surface area contributed by atoms with Gasteiger partial charge in [0.05, 0.1) is 18.4 Å². The van der Waals surface area contributed by atoms with E-state index >= 15 is 0 Å². The Bertz CT molecular complexity index is 400. The maximum atomic E-state index is 5.42. The Morgan fingerprint density at radius 2 is 2.11 bits per heavy atom. The predicted molar refractivity (Wildman–Crippen MR) is 72.8 cm³/mol. The molecule has 1 saturated carbocycles. The third-order valence-electron chi connectivity index (χ3n) is 4.13. The molecular formula is C14H25N3O. The minimum atomic E-state index is 0.642. The molecule has 0 bridgehead atoms. The molecule has 0 radical (unpaired) electrons. The molecule has 1 fully saturated rings. The Morgan fingerprint density at radius 1 is 1.39 bits per heavy atom. The highest BCUT2D eigenvalue weighted by molar-refractivity contribution is 5.30. The van der Waals surface area contributed by atoms with Gasteiger partial charge in [0, 0.05) is 19.6 Å². The largest absolute Gasteiger partial charge is 0.481 e. The third kappa shape index (κ3) is 2.69. The lowest BCUT2D eigenvalue weighted by molar-refractivity contribution is 0.277. The van der Waals surface area contributed by atoms with E-state index < -0.39 is 0 Å². The van der Waals surface area contributed by atoms with Crippen molar-refractivity contribution < 1.29 is 4.74 Å². The van der Waals surface area contributed by atoms with Crippen LogP contribution in [0, 0.1) is 12.8 Å². The normalized spacial score (nSPS) is 24.2. The number of hydrogen-bond donors (Lipinski definition) is 1. The first-order valence-electron chi connectivity index (χ1n) is 6.93. The Labute approximate surface area is 110 Å². The zero-order chi connectivity index (χ0) is 13.1. The van der Waals surface area contributed by atoms with Crippen LogP contribution in [0.5, 0.6) is 5.88 Å². The molecule has 18 heavy (non-hydrogen) atoms. The number of ether oxygens (including phenoxy) is 1. The third-order valence-corrected chi connectivity index (χ3v) is 4.13. The van der Waals surface area contributed by atoms with Gasteiger partial charge in [-0.3, -0.25) is 0 Å². The summed E-state index contributed by atoms with van der Waals surface area (Å²) in [6.45, 7) is 5.26. The Kier molecular flexibility index (Phi) is 4.27. The van der Waals surface area contributed by atoms with Crippen LogP contribution < -0.4 is 10.1 Å². The molecule has 1 aliphatic rings. The van der Waals surface area contributed by atoms with Crippen LogP contribution in [0.15, 0.2) is 0 Å². The molecule has 4 heteroatoms. The summed E-state index contributed by atoms with van der Waals surface area (Å²) in [7, 11) is 3.64. The second-order valence-electron chi connectivity index (χ2n) is 5.45. The van der Waals surface area contributed by atoms with E-state index in [1.165, 1.54) is 31.2 Å². The molecule has 1 N–H and O–H groups in total. The van der Waals surface area contributed by atoms with Gasteiger partial charge in [-0.1, -0.05) is 19.8 Å². The summed E-state index contributed by atoms with van der Waals surface area (Å²) >= 11 is 0. The second-order valence-corrected chi connectivity index (χ2v) is 5.45. The molecule has 0 unspecified atom stereocenters. The maximum absolute atomic E-state index is 5.42. The van der Waals surface area contributed by atoms with Crippen molar-refractivity contribution >= 4 is 0 Å². The van der Waals surface area contributed by atoms with Crippen LogP contribution in [0.1, 0.15) is 43.9 Å². The molecule has 0 aliphatic heterocycles. The first-order chi connectivity index (χ1) is 8.63. The fourth-order valence-corrected chi connectivity index (χ4v) is 2.99. The fraction of sp³-hybridized carbons (Fsp3) is 0.786. The molecule has 1 heterocycles. The minimum absolute atomic E-state index is 0.642. The van der Waals surface area contributed by atoms with Gasteiger partial charge in [0.1, 0.15) is 0 Å². The van der Waals surface area contributed by atoms with Gasteiger partial charge in [0.25, 0.3) is 0 Å². The zero-order valence-corrected chi connectivity index (χ0v) is 12.0. The van der Waals surface area contributed by atoms with E-state index in [1.54, 1.807) is 7.11 Å². The summed E-state index contributed by atoms with van der Waals surface area (Å²) in [6, 6.07) is 0.642. The van der Waals surface area contributed by atoms with Crippen LogP contribution in [-0.4, -0.2) is 22.9 Å². The summed E-state index contributed by atoms with van der Waals surface area (Å²) in [5, 5.41) is 8.10. The van der Waals surface area contributed by atoms with Gasteiger partial charge in [0.15, 0.2) is 0 Å². The highest BCUT2D eigenvalue weighted by atomic mass is 16.5. The summed E-state index contributed by atoms with van der Waals surface area (Å²) in [5.41, 5.74) is 2.25. The van der Waals surface area contributed by atoms with Crippen LogP contribution in [0.25, 0.3) is 0 Å². The molecule has 0 amide bonds. The SMILES string of the molecule is COc1c(CN[C@@H]2CCCC[C@@H]2C)c(C)nn1C. The first kappa shape index (κ1) is 13.4. The van der Waals surface area contributed by atoms with Crippen molar-refractivity contribution in [2.45, 2.75) is 52.1 Å². The fourth-order valence-electron chi connectivity index (χ4n) is 2.99. The number of nitrogens with one attached hydrogen (secondary N) is 1. The number of hydrogen-bond acceptors (Lipinski definition) is 3. The van der Waals surface area contributed by atoms with E-state index in [0.717, 1.165) is 24.0 Å². The molecule has 0 aromatic carbocycles. The number of methoxy groups -OCH3 is 1. The van der Waals surface area contributed by atoms with E-state index in [1.807, 2.05) is 18.7 Å². The number of rotatable bonds is 4. The lowest BCUT2D eigenvalue weighted by atomic mass is 9.86. The standard InChI is InChI=1S/C14H25N3O/c1-10-7-5-6-8-13(10)15-9-12-11(2)16-17(3)14(12)18-4/h10,13,15H,5-9H2,1-4H3/t10-,13+/m0/s1. The van der Waals surface area contributed by atoms with E-state index in [-0.39, 0.29) is 0 Å². The minimum Gasteiger partial charge on any atom is -0.481 e. The van der Waals surface area contributed by atoms with Crippen molar-refractivity contribution in [1.82, 2.24) is 15.1 Å². The number of aryl methyl sites for hydroxylation is 2. The molecule has 2 rings (SSSR count). The summed E-state index contributed by atoms with van der Waals surface area (Å²) < 4.78 is 7.24. The van der Waals surface area contributed by atoms with E-state index in [0.29, 0.717) is 6.04 Å². The molecule has 1 aromatic heterocycles. The Balaban J connectivity index is 2.01. The van der Waals surface area contributed by atoms with Crippen molar-refractivity contribution in [3.8, 4) is 5.88 Å². The van der Waals surface area contributed by atoms with Gasteiger partial charge < -0.3 is 10.1 Å². The molecule has 0 saturated heterocycles. The zero-order valence-electron chi connectivity index (χ0n) is 12.0. The van der Waals surface area contributed by atoms with Crippen LogP contribution >= 0.6 is 0 Å². The predicted octanol–water partition coefficient (Wildman–Crippen LogP) is 2.41. The molecule has 1 aromatic rings. The van der Waals surface area contributed by atoms with E-state index in [9.17, 15) is 0 Å². The maximum Gasteiger partial charge on any atom is 0.216 e. The first-order valence-corrected chi connectivity index (χ1v) is 6.93. The molecule has 1 aliphatic carbocycles. The Hall–Kier alpha value is -1.03. The van der Waals surface area contributed by atoms with E-state index in [2.05, 4.69) is 17.3 Å². The van der Waals surface area contributed by atoms with Crippen molar-refractivity contribution in [2.75, 3.05) is 7.11 Å². The van der Waals surface area contributed by atoms with Crippen molar-refractivity contribution in [3.63, 3.8) is 0 Å². The van der Waals surface area contributed by atoms with Crippen LogP contribution in [0.2, 0.25) is 0 Å². The average Bonchev–Trinajstić information content (AvgIpc) is 2.62. The van der Waals surface area contributed by atoms with Crippen molar-refractivity contribution in [3.05, 3.63) is 11.3 Å². The highest BCUT2D eigenvalue weighted by Crippen LogP contribution is 2.25. The average molecular weight is 251 g/mol. The van der Waals surface area contributed by atoms with Gasteiger partial charge in [-0.25, -0.2) is 4.68 Å². The smallest absolute Gasteiger partial charge is 0.216 e. The van der Waals surface area contributed by atoms with Gasteiger partial charge in [0.2, 0.25) is 5.88 Å². The van der Waals surface area contributed by atoms with Crippen molar-refractivity contribution in [1.29, 1.82) is 0 Å². The molecule has 4 nitrogen and oxygen atoms in total. The lowest BCUT2D eigenvalue weighted by Gasteiger charge is -2.29. The van der Waals surface area contributed by atoms with Crippen molar-refractivity contribution in [2.24, 2.45) is 13.0 Å². The van der Waals surface area contributed by atoms with Crippen LogP contribution in [0.4, 0.5) is 0 Å². The summed E-state index contributed by atoms with van der Waals surface area (Å²) in [6.07, 6.45) is 5.38. The number of aromatic nitrogens is 2.